The number of anilines is 1. The molecule has 0 heterocycles. The van der Waals surface area contributed by atoms with Gasteiger partial charge in [0, 0.05) is 12.2 Å². The molecule has 0 aliphatic carbocycles. The van der Waals surface area contributed by atoms with Crippen LogP contribution in [-0.4, -0.2) is 19.1 Å². The summed E-state index contributed by atoms with van der Waals surface area (Å²) in [5.74, 6) is 0.416. The second-order valence-electron chi connectivity index (χ2n) is 7.94. The summed E-state index contributed by atoms with van der Waals surface area (Å²) in [5.41, 5.74) is 3.88. The molecule has 1 amide bonds. The molecule has 4 aromatic carbocycles. The molecule has 4 aromatic rings. The lowest BCUT2D eigenvalue weighted by molar-refractivity contribution is -0.119. The summed E-state index contributed by atoms with van der Waals surface area (Å²) in [5, 5.41) is 0. The summed E-state index contributed by atoms with van der Waals surface area (Å²) in [6.07, 6.45) is 4.09. The second kappa shape index (κ2) is 11.7. The average molecular weight is 448 g/mol. The van der Waals surface area contributed by atoms with Crippen molar-refractivity contribution in [2.45, 2.75) is 12.8 Å². The molecule has 0 N–H and O–H groups in total. The lowest BCUT2D eigenvalue weighted by atomic mass is 9.90. The van der Waals surface area contributed by atoms with Crippen molar-refractivity contribution in [3.8, 4) is 5.75 Å². The summed E-state index contributed by atoms with van der Waals surface area (Å²) >= 11 is 0. The van der Waals surface area contributed by atoms with Gasteiger partial charge >= 0.3 is 0 Å². The fourth-order valence-corrected chi connectivity index (χ4v) is 3.99. The highest BCUT2D eigenvalue weighted by molar-refractivity contribution is 6.00. The Hall–Kier alpha value is -4.11. The van der Waals surface area contributed by atoms with Crippen LogP contribution in [0.2, 0.25) is 0 Å². The minimum absolute atomic E-state index is 0.0271. The molecule has 0 fully saturated rings. The predicted molar refractivity (Wildman–Crippen MR) is 140 cm³/mol. The Morgan fingerprint density at radius 3 is 1.82 bits per heavy atom. The van der Waals surface area contributed by atoms with Gasteiger partial charge in [-0.1, -0.05) is 103 Å². The van der Waals surface area contributed by atoms with Crippen LogP contribution in [0.3, 0.4) is 0 Å². The third kappa shape index (κ3) is 5.81. The van der Waals surface area contributed by atoms with Gasteiger partial charge in [-0.3, -0.25) is 4.79 Å². The fourth-order valence-electron chi connectivity index (χ4n) is 3.99. The highest BCUT2D eigenvalue weighted by Crippen LogP contribution is 2.30. The van der Waals surface area contributed by atoms with Crippen LogP contribution in [-0.2, 0) is 4.79 Å². The topological polar surface area (TPSA) is 29.5 Å². The second-order valence-corrected chi connectivity index (χ2v) is 7.94. The Kier molecular flexibility index (Phi) is 7.91. The van der Waals surface area contributed by atoms with E-state index < -0.39 is 5.92 Å². The van der Waals surface area contributed by atoms with Gasteiger partial charge in [-0.2, -0.15) is 0 Å². The van der Waals surface area contributed by atoms with E-state index in [4.69, 9.17) is 4.74 Å². The number of hydrogen-bond acceptors (Lipinski definition) is 2. The third-order valence-electron chi connectivity index (χ3n) is 5.64. The summed E-state index contributed by atoms with van der Waals surface area (Å²) in [7, 11) is 0. The van der Waals surface area contributed by atoms with Gasteiger partial charge in [0.15, 0.2) is 0 Å². The van der Waals surface area contributed by atoms with E-state index in [1.165, 1.54) is 0 Å². The number of hydrogen-bond donors (Lipinski definition) is 0. The van der Waals surface area contributed by atoms with Crippen LogP contribution in [0.4, 0.5) is 5.69 Å². The molecule has 4 rings (SSSR count). The Labute approximate surface area is 202 Å². The van der Waals surface area contributed by atoms with Gasteiger partial charge < -0.3 is 9.64 Å². The number of carbonyl (C=O) groups is 1. The van der Waals surface area contributed by atoms with Crippen LogP contribution in [0.5, 0.6) is 5.75 Å². The fraction of sp³-hybridized carbons (Fsp3) is 0.129. The van der Waals surface area contributed by atoms with E-state index in [0.717, 1.165) is 28.1 Å². The highest BCUT2D eigenvalue weighted by Gasteiger charge is 2.28. The highest BCUT2D eigenvalue weighted by atomic mass is 16.5. The molecule has 34 heavy (non-hydrogen) atoms. The Morgan fingerprint density at radius 2 is 1.29 bits per heavy atom. The minimum Gasteiger partial charge on any atom is -0.494 e. The lowest BCUT2D eigenvalue weighted by Crippen LogP contribution is -2.36. The van der Waals surface area contributed by atoms with Gasteiger partial charge in [0.2, 0.25) is 5.91 Å². The van der Waals surface area contributed by atoms with E-state index >= 15 is 0 Å². The van der Waals surface area contributed by atoms with E-state index in [1.54, 1.807) is 0 Å². The third-order valence-corrected chi connectivity index (χ3v) is 5.64. The largest absolute Gasteiger partial charge is 0.494 e. The molecular weight excluding hydrogens is 418 g/mol. The zero-order valence-electron chi connectivity index (χ0n) is 19.4. The van der Waals surface area contributed by atoms with Gasteiger partial charge in [-0.25, -0.2) is 0 Å². The first kappa shape index (κ1) is 23.1. The maximum absolute atomic E-state index is 14.2. The first-order valence-electron chi connectivity index (χ1n) is 11.6. The molecule has 0 spiro atoms. The summed E-state index contributed by atoms with van der Waals surface area (Å²) in [4.78, 5) is 16.0. The van der Waals surface area contributed by atoms with Gasteiger partial charge in [0.05, 0.1) is 12.5 Å². The number of carbonyl (C=O) groups excluding carboxylic acids is 1. The van der Waals surface area contributed by atoms with Crippen molar-refractivity contribution in [2.75, 3.05) is 18.1 Å². The first-order valence-corrected chi connectivity index (χ1v) is 11.6. The van der Waals surface area contributed by atoms with Crippen molar-refractivity contribution in [3.63, 3.8) is 0 Å². The van der Waals surface area contributed by atoms with Crippen molar-refractivity contribution in [1.82, 2.24) is 0 Å². The quantitative estimate of drug-likeness (QED) is 0.277. The molecule has 0 atom stereocenters. The molecule has 0 radical (unpaired) electrons. The summed E-state index contributed by atoms with van der Waals surface area (Å²) in [6.45, 7) is 3.02. The minimum atomic E-state index is -0.404. The van der Waals surface area contributed by atoms with Crippen molar-refractivity contribution in [3.05, 3.63) is 138 Å². The molecule has 0 bridgehead atoms. The van der Waals surface area contributed by atoms with Crippen molar-refractivity contribution in [1.29, 1.82) is 0 Å². The maximum Gasteiger partial charge on any atom is 0.239 e. The normalized spacial score (nSPS) is 11.0. The van der Waals surface area contributed by atoms with Crippen molar-refractivity contribution in [2.24, 2.45) is 0 Å². The average Bonchev–Trinajstić information content (AvgIpc) is 2.89. The number of rotatable bonds is 9. The maximum atomic E-state index is 14.2. The first-order chi connectivity index (χ1) is 16.8. The van der Waals surface area contributed by atoms with E-state index in [9.17, 15) is 4.79 Å². The molecule has 3 nitrogen and oxygen atoms in total. The van der Waals surface area contributed by atoms with Gasteiger partial charge in [-0.05, 0) is 47.9 Å². The van der Waals surface area contributed by atoms with Gasteiger partial charge in [0.25, 0.3) is 0 Å². The molecule has 3 heteroatoms. The summed E-state index contributed by atoms with van der Waals surface area (Å²) < 4.78 is 5.61. The zero-order chi connectivity index (χ0) is 23.6. The number of ether oxygens (including phenoxy) is 1. The molecule has 0 aliphatic heterocycles. The van der Waals surface area contributed by atoms with Gasteiger partial charge in [0.1, 0.15) is 5.75 Å². The lowest BCUT2D eigenvalue weighted by Gasteiger charge is -2.27. The van der Waals surface area contributed by atoms with Crippen LogP contribution in [0.25, 0.3) is 6.08 Å². The Bertz CT molecular complexity index is 1150. The van der Waals surface area contributed by atoms with E-state index in [2.05, 4.69) is 18.2 Å². The van der Waals surface area contributed by atoms with Crippen LogP contribution in [0.15, 0.2) is 121 Å². The smallest absolute Gasteiger partial charge is 0.239 e. The summed E-state index contributed by atoms with van der Waals surface area (Å²) in [6, 6.07) is 37.8. The number of benzene rings is 4. The van der Waals surface area contributed by atoms with Gasteiger partial charge in [-0.15, -0.1) is 0 Å². The van der Waals surface area contributed by atoms with Crippen LogP contribution in [0, 0.1) is 0 Å². The van der Waals surface area contributed by atoms with Crippen molar-refractivity contribution >= 4 is 17.7 Å². The van der Waals surface area contributed by atoms with E-state index in [1.807, 2.05) is 121 Å². The predicted octanol–water partition coefficient (Wildman–Crippen LogP) is 6.96. The Morgan fingerprint density at radius 1 is 0.765 bits per heavy atom. The SMILES string of the molecule is CCOc1ccc(N(C/C=C\c2ccccc2)C(=O)C(c2ccccc2)c2ccccc2)cc1. The molecule has 0 unspecified atom stereocenters. The monoisotopic (exact) mass is 447 g/mol. The molecule has 0 aliphatic rings. The van der Waals surface area contributed by atoms with Crippen LogP contribution >= 0.6 is 0 Å². The molecule has 0 saturated heterocycles. The molecule has 0 aromatic heterocycles. The number of amides is 1. The molecule has 0 saturated carbocycles. The zero-order valence-corrected chi connectivity index (χ0v) is 19.4. The molecule has 170 valence electrons. The van der Waals surface area contributed by atoms with Crippen LogP contribution < -0.4 is 9.64 Å². The molecular formula is C31H29NO2. The van der Waals surface area contributed by atoms with E-state index in [0.29, 0.717) is 13.2 Å². The van der Waals surface area contributed by atoms with Crippen molar-refractivity contribution < 1.29 is 9.53 Å². The van der Waals surface area contributed by atoms with Crippen LogP contribution in [0.1, 0.15) is 29.5 Å². The standard InChI is InChI=1S/C31H29NO2/c1-2-34-29-22-20-28(21-23-29)32(24-12-15-25-13-6-3-7-14-25)31(33)30(26-16-8-4-9-17-26)27-18-10-5-11-19-27/h3-23,30H,2,24H2,1H3/b15-12-. The Balaban J connectivity index is 1.70. The number of nitrogens with zero attached hydrogens (tertiary/aromatic N) is 1. The van der Waals surface area contributed by atoms with E-state index in [-0.39, 0.29) is 5.91 Å².